The molecule has 0 spiro atoms. The second-order valence-corrected chi connectivity index (χ2v) is 6.03. The summed E-state index contributed by atoms with van der Waals surface area (Å²) in [6, 6.07) is 21.4. The number of ether oxygens (including phenoxy) is 2. The van der Waals surface area contributed by atoms with Gasteiger partial charge in [0.05, 0.1) is 19.3 Å². The highest BCUT2D eigenvalue weighted by atomic mass is 16.5. The molecule has 1 atom stereocenters. The predicted molar refractivity (Wildman–Crippen MR) is 101 cm³/mol. The van der Waals surface area contributed by atoms with Crippen LogP contribution in [0.1, 0.15) is 22.8 Å². The second-order valence-electron chi connectivity index (χ2n) is 6.03. The minimum absolute atomic E-state index is 0.492. The Labute approximate surface area is 154 Å². The summed E-state index contributed by atoms with van der Waals surface area (Å²) in [5, 5.41) is 10.3. The van der Waals surface area contributed by atoms with Gasteiger partial charge in [-0.1, -0.05) is 42.5 Å². The number of pyridine rings is 1. The SMILES string of the molecule is OC(Cc1ccncc1)c1ccc(OCCOCc2ccccc2)cc1. The number of nitrogens with zero attached hydrogens (tertiary/aromatic N) is 1. The van der Waals surface area contributed by atoms with Crippen molar-refractivity contribution in [3.05, 3.63) is 95.8 Å². The fourth-order valence-corrected chi connectivity index (χ4v) is 2.63. The van der Waals surface area contributed by atoms with Gasteiger partial charge < -0.3 is 14.6 Å². The van der Waals surface area contributed by atoms with Gasteiger partial charge >= 0.3 is 0 Å². The molecule has 0 amide bonds. The van der Waals surface area contributed by atoms with E-state index >= 15 is 0 Å². The van der Waals surface area contributed by atoms with Crippen LogP contribution in [0, 0.1) is 0 Å². The van der Waals surface area contributed by atoms with Crippen LogP contribution in [0.2, 0.25) is 0 Å². The number of aromatic nitrogens is 1. The molecule has 0 radical (unpaired) electrons. The van der Waals surface area contributed by atoms with Crippen molar-refractivity contribution in [1.29, 1.82) is 0 Å². The maximum absolute atomic E-state index is 10.3. The number of hydrogen-bond donors (Lipinski definition) is 1. The first-order valence-electron chi connectivity index (χ1n) is 8.72. The Hall–Kier alpha value is -2.69. The molecule has 0 fully saturated rings. The summed E-state index contributed by atoms with van der Waals surface area (Å²) in [6.07, 6.45) is 3.49. The zero-order chi connectivity index (χ0) is 18.0. The first-order chi connectivity index (χ1) is 12.8. The predicted octanol–water partition coefficient (Wildman–Crippen LogP) is 3.95. The molecule has 134 valence electrons. The minimum atomic E-state index is -0.541. The Morgan fingerprint density at radius 1 is 0.808 bits per heavy atom. The lowest BCUT2D eigenvalue weighted by Crippen LogP contribution is -2.07. The van der Waals surface area contributed by atoms with Crippen LogP contribution < -0.4 is 4.74 Å². The van der Waals surface area contributed by atoms with Gasteiger partial charge in [-0.3, -0.25) is 4.98 Å². The lowest BCUT2D eigenvalue weighted by atomic mass is 10.0. The third-order valence-electron chi connectivity index (χ3n) is 4.05. The van der Waals surface area contributed by atoms with Crippen molar-refractivity contribution in [2.45, 2.75) is 19.1 Å². The number of aliphatic hydroxyl groups excluding tert-OH is 1. The van der Waals surface area contributed by atoms with Crippen LogP contribution in [-0.2, 0) is 17.8 Å². The van der Waals surface area contributed by atoms with Gasteiger partial charge in [-0.15, -0.1) is 0 Å². The molecule has 0 saturated heterocycles. The first-order valence-corrected chi connectivity index (χ1v) is 8.72. The molecule has 3 aromatic rings. The van der Waals surface area contributed by atoms with Crippen molar-refractivity contribution in [2.24, 2.45) is 0 Å². The highest BCUT2D eigenvalue weighted by Gasteiger charge is 2.08. The highest BCUT2D eigenvalue weighted by Crippen LogP contribution is 2.21. The quantitative estimate of drug-likeness (QED) is 0.594. The van der Waals surface area contributed by atoms with Crippen LogP contribution in [0.25, 0.3) is 0 Å². The van der Waals surface area contributed by atoms with Crippen LogP contribution in [0.5, 0.6) is 5.75 Å². The summed E-state index contributed by atoms with van der Waals surface area (Å²) < 4.78 is 11.3. The van der Waals surface area contributed by atoms with Crippen LogP contribution in [0.4, 0.5) is 0 Å². The molecule has 1 N–H and O–H groups in total. The molecule has 1 heterocycles. The molecule has 1 aromatic heterocycles. The van der Waals surface area contributed by atoms with E-state index < -0.39 is 6.10 Å². The fraction of sp³-hybridized carbons (Fsp3) is 0.227. The van der Waals surface area contributed by atoms with Gasteiger partial charge in [0.1, 0.15) is 12.4 Å². The summed E-state index contributed by atoms with van der Waals surface area (Å²) in [6.45, 7) is 1.61. The monoisotopic (exact) mass is 349 g/mol. The number of hydrogen-bond acceptors (Lipinski definition) is 4. The average molecular weight is 349 g/mol. The first kappa shape index (κ1) is 18.1. The van der Waals surface area contributed by atoms with Crippen molar-refractivity contribution in [2.75, 3.05) is 13.2 Å². The third-order valence-corrected chi connectivity index (χ3v) is 4.05. The van der Waals surface area contributed by atoms with E-state index in [0.717, 1.165) is 22.4 Å². The topological polar surface area (TPSA) is 51.6 Å². The van der Waals surface area contributed by atoms with Gasteiger partial charge in [-0.25, -0.2) is 0 Å². The zero-order valence-corrected chi connectivity index (χ0v) is 14.6. The van der Waals surface area contributed by atoms with E-state index in [9.17, 15) is 5.11 Å². The van der Waals surface area contributed by atoms with Crippen molar-refractivity contribution in [1.82, 2.24) is 4.98 Å². The molecule has 0 aliphatic carbocycles. The van der Waals surface area contributed by atoms with Crippen molar-refractivity contribution in [3.8, 4) is 5.75 Å². The van der Waals surface area contributed by atoms with Gasteiger partial charge in [0.15, 0.2) is 0 Å². The van der Waals surface area contributed by atoms with Crippen molar-refractivity contribution >= 4 is 0 Å². The van der Waals surface area contributed by atoms with Gasteiger partial charge in [0.2, 0.25) is 0 Å². The number of rotatable bonds is 9. The Kier molecular flexibility index (Phi) is 6.76. The summed E-state index contributed by atoms with van der Waals surface area (Å²) in [5.74, 6) is 0.771. The van der Waals surface area contributed by atoms with E-state index in [2.05, 4.69) is 4.98 Å². The largest absolute Gasteiger partial charge is 0.491 e. The maximum Gasteiger partial charge on any atom is 0.119 e. The van der Waals surface area contributed by atoms with Gasteiger partial charge in [-0.05, 0) is 41.0 Å². The lowest BCUT2D eigenvalue weighted by Gasteiger charge is -2.12. The van der Waals surface area contributed by atoms with Crippen molar-refractivity contribution in [3.63, 3.8) is 0 Å². The average Bonchev–Trinajstić information content (AvgIpc) is 2.70. The molecule has 1 unspecified atom stereocenters. The Balaban J connectivity index is 1.40. The number of aliphatic hydroxyl groups is 1. The summed E-state index contributed by atoms with van der Waals surface area (Å²) >= 11 is 0. The molecular weight excluding hydrogens is 326 g/mol. The van der Waals surface area contributed by atoms with E-state index in [0.29, 0.717) is 26.2 Å². The van der Waals surface area contributed by atoms with E-state index in [1.165, 1.54) is 0 Å². The smallest absolute Gasteiger partial charge is 0.119 e. The van der Waals surface area contributed by atoms with Gasteiger partial charge in [0, 0.05) is 18.8 Å². The lowest BCUT2D eigenvalue weighted by molar-refractivity contribution is 0.0889. The van der Waals surface area contributed by atoms with Crippen LogP contribution in [0.15, 0.2) is 79.1 Å². The molecule has 3 rings (SSSR count). The van der Waals surface area contributed by atoms with Crippen LogP contribution in [-0.4, -0.2) is 23.3 Å². The molecule has 26 heavy (non-hydrogen) atoms. The summed E-state index contributed by atoms with van der Waals surface area (Å²) in [4.78, 5) is 3.99. The van der Waals surface area contributed by atoms with Crippen LogP contribution >= 0.6 is 0 Å². The molecule has 0 aliphatic heterocycles. The summed E-state index contributed by atoms with van der Waals surface area (Å²) in [5.41, 5.74) is 3.08. The summed E-state index contributed by atoms with van der Waals surface area (Å²) in [7, 11) is 0. The minimum Gasteiger partial charge on any atom is -0.491 e. The van der Waals surface area contributed by atoms with E-state index in [1.807, 2.05) is 66.7 Å². The van der Waals surface area contributed by atoms with Gasteiger partial charge in [0.25, 0.3) is 0 Å². The Bertz CT molecular complexity index is 760. The molecule has 4 nitrogen and oxygen atoms in total. The highest BCUT2D eigenvalue weighted by molar-refractivity contribution is 5.29. The zero-order valence-electron chi connectivity index (χ0n) is 14.6. The van der Waals surface area contributed by atoms with Gasteiger partial charge in [-0.2, -0.15) is 0 Å². The molecular formula is C22H23NO3. The molecule has 2 aromatic carbocycles. The van der Waals surface area contributed by atoms with Crippen LogP contribution in [0.3, 0.4) is 0 Å². The second kappa shape index (κ2) is 9.70. The standard InChI is InChI=1S/C22H23NO3/c24-22(16-18-10-12-23-13-11-18)20-6-8-21(9-7-20)26-15-14-25-17-19-4-2-1-3-5-19/h1-13,22,24H,14-17H2. The van der Waals surface area contributed by atoms with E-state index in [-0.39, 0.29) is 0 Å². The maximum atomic E-state index is 10.3. The Morgan fingerprint density at radius 3 is 2.27 bits per heavy atom. The van der Waals surface area contributed by atoms with E-state index in [1.54, 1.807) is 12.4 Å². The molecule has 0 saturated carbocycles. The third kappa shape index (κ3) is 5.69. The number of benzene rings is 2. The fourth-order valence-electron chi connectivity index (χ4n) is 2.63. The molecule has 0 bridgehead atoms. The van der Waals surface area contributed by atoms with Crippen molar-refractivity contribution < 1.29 is 14.6 Å². The molecule has 0 aliphatic rings. The van der Waals surface area contributed by atoms with E-state index in [4.69, 9.17) is 9.47 Å². The Morgan fingerprint density at radius 2 is 1.54 bits per heavy atom. The normalized spacial score (nSPS) is 11.9. The molecule has 4 heteroatoms.